The van der Waals surface area contributed by atoms with E-state index in [0.29, 0.717) is 32.1 Å². The van der Waals surface area contributed by atoms with Gasteiger partial charge in [0.05, 0.1) is 18.8 Å². The van der Waals surface area contributed by atoms with Gasteiger partial charge in [-0.3, -0.25) is 9.69 Å². The molecule has 27 heavy (non-hydrogen) atoms. The van der Waals surface area contributed by atoms with Crippen LogP contribution >= 0.6 is 0 Å². The van der Waals surface area contributed by atoms with Crippen LogP contribution in [0.2, 0.25) is 0 Å². The molecule has 2 aliphatic heterocycles. The fraction of sp³-hybridized carbons (Fsp3) is 0.632. The highest BCUT2D eigenvalue weighted by Gasteiger charge is 2.22. The number of ether oxygens (including phenoxy) is 1. The Hall–Kier alpha value is -2.24. The summed E-state index contributed by atoms with van der Waals surface area (Å²) in [6.07, 6.45) is 4.38. The van der Waals surface area contributed by atoms with Crippen molar-refractivity contribution >= 4 is 11.7 Å². The van der Waals surface area contributed by atoms with Crippen LogP contribution in [0.1, 0.15) is 19.8 Å². The topological polar surface area (TPSA) is 61.8 Å². The van der Waals surface area contributed by atoms with Crippen molar-refractivity contribution in [2.24, 2.45) is 0 Å². The minimum absolute atomic E-state index is 0.141. The lowest BCUT2D eigenvalue weighted by Gasteiger charge is -2.33. The van der Waals surface area contributed by atoms with E-state index in [0.717, 1.165) is 39.0 Å². The van der Waals surface area contributed by atoms with Crippen LogP contribution < -0.4 is 4.90 Å². The first-order valence-corrected chi connectivity index (χ1v) is 9.39. The largest absolute Gasteiger partial charge is 0.365 e. The molecule has 0 aromatic carbocycles. The molecule has 7 nitrogen and oxygen atoms in total. The van der Waals surface area contributed by atoms with E-state index < -0.39 is 0 Å². The van der Waals surface area contributed by atoms with Crippen molar-refractivity contribution < 1.29 is 13.9 Å². The summed E-state index contributed by atoms with van der Waals surface area (Å²) in [5.74, 6) is 6.36. The zero-order valence-corrected chi connectivity index (χ0v) is 15.7. The summed E-state index contributed by atoms with van der Waals surface area (Å²) < 4.78 is 19.6. The number of amides is 1. The van der Waals surface area contributed by atoms with Crippen molar-refractivity contribution in [3.8, 4) is 11.8 Å². The number of hydrogen-bond acceptors (Lipinski definition) is 6. The molecule has 1 amide bonds. The van der Waals surface area contributed by atoms with E-state index in [1.807, 2.05) is 9.80 Å². The summed E-state index contributed by atoms with van der Waals surface area (Å²) in [6, 6.07) is 0. The average molecular weight is 375 g/mol. The molecular weight excluding hydrogens is 349 g/mol. The molecule has 0 radical (unpaired) electrons. The summed E-state index contributed by atoms with van der Waals surface area (Å²) in [5.41, 5.74) is 0. The number of carbonyl (C=O) groups is 1. The van der Waals surface area contributed by atoms with Gasteiger partial charge in [0, 0.05) is 46.2 Å². The van der Waals surface area contributed by atoms with Crippen molar-refractivity contribution in [2.75, 3.05) is 57.3 Å². The van der Waals surface area contributed by atoms with Crippen LogP contribution in [0.3, 0.4) is 0 Å². The van der Waals surface area contributed by atoms with Gasteiger partial charge >= 0.3 is 0 Å². The van der Waals surface area contributed by atoms with Crippen LogP contribution in [0.4, 0.5) is 10.2 Å². The van der Waals surface area contributed by atoms with Crippen molar-refractivity contribution in [2.45, 2.75) is 25.9 Å². The summed E-state index contributed by atoms with van der Waals surface area (Å²) in [7, 11) is 0. The summed E-state index contributed by atoms with van der Waals surface area (Å²) in [4.78, 5) is 25.1. The molecule has 8 heteroatoms. The second kappa shape index (κ2) is 9.62. The Kier molecular flexibility index (Phi) is 6.96. The van der Waals surface area contributed by atoms with Crippen molar-refractivity contribution in [1.29, 1.82) is 0 Å². The molecule has 2 aliphatic rings. The van der Waals surface area contributed by atoms with E-state index in [9.17, 15) is 9.18 Å². The fourth-order valence-electron chi connectivity index (χ4n) is 3.37. The number of anilines is 1. The molecule has 2 saturated heterocycles. The number of hydrogen-bond donors (Lipinski definition) is 0. The maximum Gasteiger partial charge on any atom is 0.219 e. The average Bonchev–Trinajstić information content (AvgIpc) is 2.69. The van der Waals surface area contributed by atoms with E-state index in [4.69, 9.17) is 4.74 Å². The predicted molar refractivity (Wildman–Crippen MR) is 99.6 cm³/mol. The molecule has 0 atom stereocenters. The zero-order valence-electron chi connectivity index (χ0n) is 15.7. The maximum atomic E-state index is 13.7. The number of aromatic nitrogens is 2. The van der Waals surface area contributed by atoms with E-state index in [1.54, 1.807) is 6.92 Å². The first kappa shape index (κ1) is 19.5. The first-order chi connectivity index (χ1) is 13.1. The van der Waals surface area contributed by atoms with Gasteiger partial charge in [0.1, 0.15) is 12.9 Å². The van der Waals surface area contributed by atoms with Gasteiger partial charge in [-0.15, -0.1) is 0 Å². The molecule has 0 bridgehead atoms. The summed E-state index contributed by atoms with van der Waals surface area (Å²) in [6.45, 7) is 7.46. The number of piperidine rings is 1. The highest BCUT2D eigenvalue weighted by Crippen LogP contribution is 2.21. The SMILES string of the molecule is CC(=O)N1CCN(CC#CCOC2CCN(c3ncncc3F)CC2)CC1. The molecular formula is C19H26FN5O2. The van der Waals surface area contributed by atoms with Gasteiger partial charge < -0.3 is 14.5 Å². The third kappa shape index (κ3) is 5.62. The van der Waals surface area contributed by atoms with Gasteiger partial charge in [-0.25, -0.2) is 14.4 Å². The second-order valence-electron chi connectivity index (χ2n) is 6.83. The van der Waals surface area contributed by atoms with Gasteiger partial charge in [0.15, 0.2) is 11.6 Å². The van der Waals surface area contributed by atoms with Gasteiger partial charge in [-0.05, 0) is 12.8 Å². The van der Waals surface area contributed by atoms with Crippen LogP contribution in [-0.2, 0) is 9.53 Å². The van der Waals surface area contributed by atoms with Crippen LogP contribution in [0.25, 0.3) is 0 Å². The number of nitrogens with zero attached hydrogens (tertiary/aromatic N) is 5. The van der Waals surface area contributed by atoms with Crippen LogP contribution in [0.15, 0.2) is 12.5 Å². The van der Waals surface area contributed by atoms with Gasteiger partial charge in [-0.1, -0.05) is 11.8 Å². The van der Waals surface area contributed by atoms with Gasteiger partial charge in [-0.2, -0.15) is 0 Å². The fourth-order valence-corrected chi connectivity index (χ4v) is 3.37. The quantitative estimate of drug-likeness (QED) is 0.725. The highest BCUT2D eigenvalue weighted by atomic mass is 19.1. The molecule has 0 spiro atoms. The molecule has 0 saturated carbocycles. The van der Waals surface area contributed by atoms with Crippen LogP contribution in [0.5, 0.6) is 0 Å². The molecule has 3 heterocycles. The number of piperazine rings is 1. The Morgan fingerprint density at radius 2 is 1.96 bits per heavy atom. The number of carbonyl (C=O) groups excluding carboxylic acids is 1. The first-order valence-electron chi connectivity index (χ1n) is 9.39. The minimum atomic E-state index is -0.383. The van der Waals surface area contributed by atoms with Crippen molar-refractivity contribution in [3.63, 3.8) is 0 Å². The molecule has 0 aliphatic carbocycles. The lowest BCUT2D eigenvalue weighted by atomic mass is 10.1. The van der Waals surface area contributed by atoms with E-state index in [2.05, 4.69) is 26.7 Å². The van der Waals surface area contributed by atoms with Crippen molar-refractivity contribution in [1.82, 2.24) is 19.8 Å². The number of rotatable bonds is 4. The van der Waals surface area contributed by atoms with Gasteiger partial charge in [0.25, 0.3) is 0 Å². The normalized spacial score (nSPS) is 18.9. The summed E-state index contributed by atoms with van der Waals surface area (Å²) >= 11 is 0. The Morgan fingerprint density at radius 3 is 2.63 bits per heavy atom. The smallest absolute Gasteiger partial charge is 0.219 e. The monoisotopic (exact) mass is 375 g/mol. The molecule has 3 rings (SSSR count). The third-order valence-electron chi connectivity index (χ3n) is 5.03. The Labute approximate surface area is 159 Å². The van der Waals surface area contributed by atoms with Crippen LogP contribution in [0, 0.1) is 17.7 Å². The molecule has 1 aromatic rings. The Balaban J connectivity index is 1.32. The second-order valence-corrected chi connectivity index (χ2v) is 6.83. The standard InChI is InChI=1S/C19H26FN5O2/c1-16(26)24-11-9-23(10-12-24)6-2-3-13-27-17-4-7-25(8-5-17)19-18(20)14-21-15-22-19/h14-15,17H,4-13H2,1H3. The summed E-state index contributed by atoms with van der Waals surface area (Å²) in [5, 5.41) is 0. The molecule has 146 valence electrons. The highest BCUT2D eigenvalue weighted by molar-refractivity contribution is 5.73. The predicted octanol–water partition coefficient (Wildman–Crippen LogP) is 0.769. The third-order valence-corrected chi connectivity index (χ3v) is 5.03. The molecule has 0 N–H and O–H groups in total. The molecule has 1 aromatic heterocycles. The van der Waals surface area contributed by atoms with E-state index in [-0.39, 0.29) is 17.8 Å². The van der Waals surface area contributed by atoms with Gasteiger partial charge in [0.2, 0.25) is 5.91 Å². The minimum Gasteiger partial charge on any atom is -0.365 e. The lowest BCUT2D eigenvalue weighted by molar-refractivity contribution is -0.130. The van der Waals surface area contributed by atoms with Crippen molar-refractivity contribution in [3.05, 3.63) is 18.3 Å². The lowest BCUT2D eigenvalue weighted by Crippen LogP contribution is -2.47. The molecule has 0 unspecified atom stereocenters. The van der Waals surface area contributed by atoms with E-state index in [1.165, 1.54) is 12.5 Å². The zero-order chi connectivity index (χ0) is 19.1. The Morgan fingerprint density at radius 1 is 1.22 bits per heavy atom. The molecule has 2 fully saturated rings. The number of halogens is 1. The Bertz CT molecular complexity index is 689. The maximum absolute atomic E-state index is 13.7. The van der Waals surface area contributed by atoms with E-state index >= 15 is 0 Å². The van der Waals surface area contributed by atoms with Crippen LogP contribution in [-0.4, -0.2) is 84.2 Å².